The van der Waals surface area contributed by atoms with E-state index in [4.69, 9.17) is 5.11 Å². The van der Waals surface area contributed by atoms with Crippen LogP contribution in [-0.2, 0) is 17.8 Å². The summed E-state index contributed by atoms with van der Waals surface area (Å²) in [7, 11) is 0. The second-order valence-corrected chi connectivity index (χ2v) is 3.28. The number of aryl methyl sites for hydroxylation is 2. The van der Waals surface area contributed by atoms with E-state index in [9.17, 15) is 9.59 Å². The van der Waals surface area contributed by atoms with E-state index in [1.165, 1.54) is 10.7 Å². The number of nitrogens with zero attached hydrogens (tertiary/aromatic N) is 2. The van der Waals surface area contributed by atoms with E-state index >= 15 is 0 Å². The van der Waals surface area contributed by atoms with Crippen molar-refractivity contribution in [3.63, 3.8) is 0 Å². The first-order valence-electron chi connectivity index (χ1n) is 4.92. The predicted molar refractivity (Wildman–Crippen MR) is 54.7 cm³/mol. The number of aromatic nitrogens is 2. The Balaban J connectivity index is 2.78. The minimum Gasteiger partial charge on any atom is -0.481 e. The van der Waals surface area contributed by atoms with Gasteiger partial charge in [0.15, 0.2) is 0 Å². The van der Waals surface area contributed by atoms with E-state index < -0.39 is 5.97 Å². The Morgan fingerprint density at radius 1 is 1.53 bits per heavy atom. The van der Waals surface area contributed by atoms with Gasteiger partial charge in [0.2, 0.25) is 0 Å². The summed E-state index contributed by atoms with van der Waals surface area (Å²) in [6.45, 7) is 2.53. The lowest BCUT2D eigenvalue weighted by atomic mass is 10.2. The molecule has 0 bridgehead atoms. The number of carboxylic acids is 1. The Morgan fingerprint density at radius 3 is 2.87 bits per heavy atom. The second-order valence-electron chi connectivity index (χ2n) is 3.28. The van der Waals surface area contributed by atoms with Crippen LogP contribution in [0.3, 0.4) is 0 Å². The van der Waals surface area contributed by atoms with Crippen LogP contribution < -0.4 is 5.56 Å². The zero-order valence-electron chi connectivity index (χ0n) is 8.64. The maximum atomic E-state index is 11.3. The molecule has 0 saturated carbocycles. The normalized spacial score (nSPS) is 10.2. The van der Waals surface area contributed by atoms with Crippen LogP contribution in [0.15, 0.2) is 16.9 Å². The third-order valence-corrected chi connectivity index (χ3v) is 1.95. The lowest BCUT2D eigenvalue weighted by Crippen LogP contribution is -2.23. The van der Waals surface area contributed by atoms with Gasteiger partial charge < -0.3 is 5.11 Å². The van der Waals surface area contributed by atoms with Gasteiger partial charge in [-0.3, -0.25) is 9.59 Å². The van der Waals surface area contributed by atoms with E-state index in [0.717, 1.165) is 6.42 Å². The Bertz CT molecular complexity index is 398. The van der Waals surface area contributed by atoms with Crippen molar-refractivity contribution in [1.29, 1.82) is 0 Å². The van der Waals surface area contributed by atoms with Gasteiger partial charge in [-0.05, 0) is 12.5 Å². The predicted octanol–water partition coefficient (Wildman–Crippen LogP) is 0.671. The van der Waals surface area contributed by atoms with Gasteiger partial charge in [0.05, 0.1) is 12.1 Å². The summed E-state index contributed by atoms with van der Waals surface area (Å²) in [6.07, 6.45) is 1.23. The van der Waals surface area contributed by atoms with E-state index in [1.54, 1.807) is 6.07 Å². The van der Waals surface area contributed by atoms with Crippen molar-refractivity contribution in [2.75, 3.05) is 0 Å². The highest BCUT2D eigenvalue weighted by Gasteiger charge is 2.02. The van der Waals surface area contributed by atoms with Crippen molar-refractivity contribution in [1.82, 2.24) is 9.78 Å². The molecule has 0 fully saturated rings. The molecular formula is C10H14N2O3. The van der Waals surface area contributed by atoms with Gasteiger partial charge in [0.25, 0.3) is 5.56 Å². The van der Waals surface area contributed by atoms with Gasteiger partial charge in [-0.2, -0.15) is 5.10 Å². The van der Waals surface area contributed by atoms with Gasteiger partial charge in [-0.25, -0.2) is 4.68 Å². The molecule has 0 aromatic carbocycles. The number of aliphatic carboxylic acids is 1. The van der Waals surface area contributed by atoms with E-state index in [0.29, 0.717) is 18.7 Å². The summed E-state index contributed by atoms with van der Waals surface area (Å²) < 4.78 is 1.37. The fourth-order valence-corrected chi connectivity index (χ4v) is 1.23. The van der Waals surface area contributed by atoms with Gasteiger partial charge in [-0.15, -0.1) is 0 Å². The van der Waals surface area contributed by atoms with Gasteiger partial charge in [0.1, 0.15) is 0 Å². The van der Waals surface area contributed by atoms with Crippen molar-refractivity contribution in [3.8, 4) is 0 Å². The Morgan fingerprint density at radius 2 is 2.27 bits per heavy atom. The lowest BCUT2D eigenvalue weighted by Gasteiger charge is -2.04. The summed E-state index contributed by atoms with van der Waals surface area (Å²) in [5.74, 6) is -0.856. The molecule has 0 atom stereocenters. The highest BCUT2D eigenvalue weighted by Crippen LogP contribution is 1.96. The average molecular weight is 210 g/mol. The molecule has 0 aliphatic heterocycles. The first-order chi connectivity index (χ1) is 7.13. The summed E-state index contributed by atoms with van der Waals surface area (Å²) >= 11 is 0. The third kappa shape index (κ3) is 3.53. The molecule has 1 rings (SSSR count). The number of carbonyl (C=O) groups is 1. The average Bonchev–Trinajstić information content (AvgIpc) is 2.19. The molecule has 0 aliphatic rings. The third-order valence-electron chi connectivity index (χ3n) is 1.95. The zero-order valence-corrected chi connectivity index (χ0v) is 8.64. The fourth-order valence-electron chi connectivity index (χ4n) is 1.23. The Hall–Kier alpha value is -1.65. The molecule has 0 unspecified atom stereocenters. The maximum absolute atomic E-state index is 11.3. The van der Waals surface area contributed by atoms with Crippen LogP contribution in [0.1, 0.15) is 25.5 Å². The molecule has 0 amide bonds. The SMILES string of the molecule is CCCn1nc(CCC(=O)O)ccc1=O. The number of carboxylic acid groups (broad SMARTS) is 1. The molecule has 5 nitrogen and oxygen atoms in total. The molecule has 1 aromatic rings. The van der Waals surface area contributed by atoms with Gasteiger partial charge in [-0.1, -0.05) is 6.92 Å². The zero-order chi connectivity index (χ0) is 11.3. The standard InChI is InChI=1S/C10H14N2O3/c1-2-7-12-9(13)5-3-8(11-12)4-6-10(14)15/h3,5H,2,4,6-7H2,1H3,(H,14,15). The van der Waals surface area contributed by atoms with Crippen molar-refractivity contribution in [2.24, 2.45) is 0 Å². The molecular weight excluding hydrogens is 196 g/mol. The van der Waals surface area contributed by atoms with Crippen LogP contribution in [0.4, 0.5) is 0 Å². The minimum absolute atomic E-state index is 0.0390. The summed E-state index contributed by atoms with van der Waals surface area (Å²) in [5, 5.41) is 12.6. The van der Waals surface area contributed by atoms with E-state index in [-0.39, 0.29) is 12.0 Å². The van der Waals surface area contributed by atoms with Crippen molar-refractivity contribution < 1.29 is 9.90 Å². The molecule has 1 aromatic heterocycles. The van der Waals surface area contributed by atoms with Crippen LogP contribution in [0.25, 0.3) is 0 Å². The van der Waals surface area contributed by atoms with Crippen molar-refractivity contribution in [3.05, 3.63) is 28.2 Å². The van der Waals surface area contributed by atoms with Crippen LogP contribution in [-0.4, -0.2) is 20.9 Å². The van der Waals surface area contributed by atoms with Crippen molar-refractivity contribution >= 4 is 5.97 Å². The van der Waals surface area contributed by atoms with E-state index in [1.807, 2.05) is 6.92 Å². The topological polar surface area (TPSA) is 72.2 Å². The van der Waals surface area contributed by atoms with Gasteiger partial charge >= 0.3 is 5.97 Å². The largest absolute Gasteiger partial charge is 0.481 e. The number of hydrogen-bond donors (Lipinski definition) is 1. The molecule has 5 heteroatoms. The van der Waals surface area contributed by atoms with Crippen LogP contribution in [0.2, 0.25) is 0 Å². The van der Waals surface area contributed by atoms with E-state index in [2.05, 4.69) is 5.10 Å². The first-order valence-corrected chi connectivity index (χ1v) is 4.92. The molecule has 0 saturated heterocycles. The quantitative estimate of drug-likeness (QED) is 0.775. The molecule has 15 heavy (non-hydrogen) atoms. The molecule has 82 valence electrons. The van der Waals surface area contributed by atoms with Crippen LogP contribution in [0, 0.1) is 0 Å². The minimum atomic E-state index is -0.856. The molecule has 0 spiro atoms. The monoisotopic (exact) mass is 210 g/mol. The fraction of sp³-hybridized carbons (Fsp3) is 0.500. The molecule has 1 N–H and O–H groups in total. The Labute approximate surface area is 87.4 Å². The molecule has 0 aliphatic carbocycles. The van der Waals surface area contributed by atoms with Gasteiger partial charge in [0, 0.05) is 19.0 Å². The second kappa shape index (κ2) is 5.29. The highest BCUT2D eigenvalue weighted by molar-refractivity contribution is 5.66. The highest BCUT2D eigenvalue weighted by atomic mass is 16.4. The lowest BCUT2D eigenvalue weighted by molar-refractivity contribution is -0.136. The Kier molecular flexibility index (Phi) is 4.03. The summed E-state index contributed by atoms with van der Waals surface area (Å²) in [6, 6.07) is 3.01. The number of hydrogen-bond acceptors (Lipinski definition) is 3. The molecule has 0 radical (unpaired) electrons. The van der Waals surface area contributed by atoms with Crippen LogP contribution in [0.5, 0.6) is 0 Å². The summed E-state index contributed by atoms with van der Waals surface area (Å²) in [4.78, 5) is 21.6. The van der Waals surface area contributed by atoms with Crippen LogP contribution >= 0.6 is 0 Å². The first kappa shape index (κ1) is 11.4. The number of rotatable bonds is 5. The van der Waals surface area contributed by atoms with Crippen molar-refractivity contribution in [2.45, 2.75) is 32.7 Å². The smallest absolute Gasteiger partial charge is 0.303 e. The molecule has 1 heterocycles. The maximum Gasteiger partial charge on any atom is 0.303 e. The summed E-state index contributed by atoms with van der Waals surface area (Å²) in [5.41, 5.74) is 0.501.